The van der Waals surface area contributed by atoms with Gasteiger partial charge in [0.2, 0.25) is 0 Å². The highest BCUT2D eigenvalue weighted by atomic mass is 16.3. The van der Waals surface area contributed by atoms with Crippen molar-refractivity contribution in [1.29, 1.82) is 0 Å². The van der Waals surface area contributed by atoms with E-state index in [0.29, 0.717) is 18.3 Å². The third kappa shape index (κ3) is 1.88. The molecule has 2 aromatic rings. The van der Waals surface area contributed by atoms with Crippen molar-refractivity contribution in [2.24, 2.45) is 0 Å². The Morgan fingerprint density at radius 3 is 2.89 bits per heavy atom. The Morgan fingerprint density at radius 2 is 2.17 bits per heavy atom. The third-order valence-electron chi connectivity index (χ3n) is 3.42. The van der Waals surface area contributed by atoms with E-state index in [-0.39, 0.29) is 6.61 Å². The summed E-state index contributed by atoms with van der Waals surface area (Å²) in [5.41, 5.74) is 8.64. The van der Waals surface area contributed by atoms with E-state index in [0.717, 1.165) is 16.6 Å². The van der Waals surface area contributed by atoms with Crippen LogP contribution in [0, 0.1) is 0 Å². The minimum absolute atomic E-state index is 0.169. The summed E-state index contributed by atoms with van der Waals surface area (Å²) in [5.74, 6) is 0. The van der Waals surface area contributed by atoms with Gasteiger partial charge in [0.25, 0.3) is 0 Å². The van der Waals surface area contributed by atoms with E-state index in [2.05, 4.69) is 9.88 Å². The number of benzene rings is 1. The molecular weight excluding hydrogens is 226 g/mol. The van der Waals surface area contributed by atoms with Crippen LogP contribution in [0.1, 0.15) is 12.8 Å². The molecule has 3 N–H and O–H groups in total. The summed E-state index contributed by atoms with van der Waals surface area (Å²) in [7, 11) is 0. The lowest BCUT2D eigenvalue weighted by atomic mass is 10.1. The van der Waals surface area contributed by atoms with Gasteiger partial charge in [-0.2, -0.15) is 0 Å². The minimum atomic E-state index is 0.169. The Morgan fingerprint density at radius 1 is 1.33 bits per heavy atom. The molecule has 0 saturated heterocycles. The maximum Gasteiger partial charge on any atom is 0.0951 e. The number of nitrogens with zero attached hydrogens (tertiary/aromatic N) is 2. The first-order valence-electron chi connectivity index (χ1n) is 6.32. The lowest BCUT2D eigenvalue weighted by Crippen LogP contribution is -2.29. The molecule has 0 unspecified atom stereocenters. The van der Waals surface area contributed by atoms with Crippen LogP contribution in [-0.4, -0.2) is 29.3 Å². The zero-order valence-electron chi connectivity index (χ0n) is 10.2. The van der Waals surface area contributed by atoms with E-state index < -0.39 is 0 Å². The molecule has 1 aliphatic carbocycles. The van der Waals surface area contributed by atoms with Crippen molar-refractivity contribution in [3.8, 4) is 0 Å². The van der Waals surface area contributed by atoms with Crippen molar-refractivity contribution in [2.75, 3.05) is 23.8 Å². The van der Waals surface area contributed by atoms with Crippen LogP contribution >= 0.6 is 0 Å². The van der Waals surface area contributed by atoms with Crippen LogP contribution in [-0.2, 0) is 0 Å². The molecule has 1 aliphatic rings. The van der Waals surface area contributed by atoms with E-state index in [1.807, 2.05) is 24.3 Å². The van der Waals surface area contributed by atoms with E-state index in [1.165, 1.54) is 12.8 Å². The van der Waals surface area contributed by atoms with Crippen molar-refractivity contribution >= 4 is 22.3 Å². The summed E-state index contributed by atoms with van der Waals surface area (Å²) in [5, 5.41) is 10.3. The van der Waals surface area contributed by atoms with Crippen molar-refractivity contribution in [3.05, 3.63) is 30.5 Å². The number of pyridine rings is 1. The topological polar surface area (TPSA) is 62.4 Å². The van der Waals surface area contributed by atoms with Crippen LogP contribution in [0.5, 0.6) is 0 Å². The normalized spacial score (nSPS) is 14.9. The molecule has 3 rings (SSSR count). The molecule has 94 valence electrons. The van der Waals surface area contributed by atoms with Gasteiger partial charge in [-0.3, -0.25) is 4.98 Å². The number of nitrogens with two attached hydrogens (primary N) is 1. The predicted octanol–water partition coefficient (Wildman–Crippen LogP) is 1.78. The van der Waals surface area contributed by atoms with Gasteiger partial charge < -0.3 is 15.7 Å². The highest BCUT2D eigenvalue weighted by Crippen LogP contribution is 2.35. The molecule has 0 bridgehead atoms. The molecule has 1 saturated carbocycles. The summed E-state index contributed by atoms with van der Waals surface area (Å²) < 4.78 is 0. The van der Waals surface area contributed by atoms with Crippen molar-refractivity contribution in [1.82, 2.24) is 4.98 Å². The second-order valence-electron chi connectivity index (χ2n) is 4.72. The zero-order valence-corrected chi connectivity index (χ0v) is 10.2. The fourth-order valence-corrected chi connectivity index (χ4v) is 2.43. The largest absolute Gasteiger partial charge is 0.397 e. The van der Waals surface area contributed by atoms with Gasteiger partial charge in [-0.1, -0.05) is 12.1 Å². The molecular formula is C14H17N3O. The van der Waals surface area contributed by atoms with Gasteiger partial charge in [0.1, 0.15) is 0 Å². The number of fused-ring (bicyclic) bond motifs is 1. The van der Waals surface area contributed by atoms with Crippen LogP contribution in [0.2, 0.25) is 0 Å². The summed E-state index contributed by atoms with van der Waals surface area (Å²) in [6.45, 7) is 0.835. The van der Waals surface area contributed by atoms with Crippen LogP contribution in [0.4, 0.5) is 11.4 Å². The van der Waals surface area contributed by atoms with E-state index >= 15 is 0 Å². The maximum atomic E-state index is 9.22. The molecule has 4 heteroatoms. The second kappa shape index (κ2) is 4.46. The molecule has 0 radical (unpaired) electrons. The smallest absolute Gasteiger partial charge is 0.0951 e. The fraction of sp³-hybridized carbons (Fsp3) is 0.357. The fourth-order valence-electron chi connectivity index (χ4n) is 2.43. The van der Waals surface area contributed by atoms with Crippen molar-refractivity contribution in [2.45, 2.75) is 18.9 Å². The molecule has 18 heavy (non-hydrogen) atoms. The summed E-state index contributed by atoms with van der Waals surface area (Å²) in [4.78, 5) is 6.62. The molecule has 1 fully saturated rings. The Balaban J connectivity index is 2.12. The summed E-state index contributed by atoms with van der Waals surface area (Å²) in [6, 6.07) is 8.43. The first-order chi connectivity index (χ1) is 8.81. The minimum Gasteiger partial charge on any atom is -0.397 e. The number of hydrogen-bond donors (Lipinski definition) is 2. The third-order valence-corrected chi connectivity index (χ3v) is 3.42. The average Bonchev–Trinajstić information content (AvgIpc) is 3.20. The quantitative estimate of drug-likeness (QED) is 0.803. The molecule has 1 aromatic heterocycles. The number of para-hydroxylation sites is 1. The molecule has 1 heterocycles. The first-order valence-corrected chi connectivity index (χ1v) is 6.32. The first kappa shape index (κ1) is 11.3. The van der Waals surface area contributed by atoms with Gasteiger partial charge in [0.05, 0.1) is 17.8 Å². The molecule has 1 aromatic carbocycles. The monoisotopic (exact) mass is 243 g/mol. The molecule has 0 atom stereocenters. The average molecular weight is 243 g/mol. The number of nitrogen functional groups attached to an aromatic ring is 1. The van der Waals surface area contributed by atoms with Crippen LogP contribution < -0.4 is 10.6 Å². The van der Waals surface area contributed by atoms with Gasteiger partial charge in [-0.05, 0) is 25.0 Å². The molecule has 0 spiro atoms. The van der Waals surface area contributed by atoms with E-state index in [4.69, 9.17) is 5.73 Å². The van der Waals surface area contributed by atoms with Gasteiger partial charge in [0, 0.05) is 29.9 Å². The van der Waals surface area contributed by atoms with Gasteiger partial charge in [-0.25, -0.2) is 0 Å². The van der Waals surface area contributed by atoms with Gasteiger partial charge in [0.15, 0.2) is 0 Å². The number of rotatable bonds is 4. The van der Waals surface area contributed by atoms with Crippen LogP contribution in [0.25, 0.3) is 10.9 Å². The summed E-state index contributed by atoms with van der Waals surface area (Å²) in [6.07, 6.45) is 4.19. The Kier molecular flexibility index (Phi) is 2.80. The SMILES string of the molecule is Nc1cccc2c(N(CCO)C3CC3)ccnc12. The van der Waals surface area contributed by atoms with E-state index in [9.17, 15) is 5.11 Å². The van der Waals surface area contributed by atoms with Crippen LogP contribution in [0.15, 0.2) is 30.5 Å². The lowest BCUT2D eigenvalue weighted by Gasteiger charge is -2.25. The number of hydrogen-bond acceptors (Lipinski definition) is 4. The maximum absolute atomic E-state index is 9.22. The summed E-state index contributed by atoms with van der Waals surface area (Å²) >= 11 is 0. The Hall–Kier alpha value is -1.81. The highest BCUT2D eigenvalue weighted by Gasteiger charge is 2.29. The second-order valence-corrected chi connectivity index (χ2v) is 4.72. The molecule has 4 nitrogen and oxygen atoms in total. The Bertz CT molecular complexity index is 566. The Labute approximate surface area is 106 Å². The number of aromatic nitrogens is 1. The van der Waals surface area contributed by atoms with Crippen LogP contribution in [0.3, 0.4) is 0 Å². The van der Waals surface area contributed by atoms with Gasteiger partial charge in [-0.15, -0.1) is 0 Å². The zero-order chi connectivity index (χ0) is 12.5. The van der Waals surface area contributed by atoms with E-state index in [1.54, 1.807) is 6.20 Å². The highest BCUT2D eigenvalue weighted by molar-refractivity contribution is 5.98. The standard InChI is InChI=1S/C14H17N3O/c15-12-3-1-2-11-13(6-7-16-14(11)12)17(8-9-18)10-4-5-10/h1-3,6-7,10,18H,4-5,8-9,15H2. The molecule has 0 aliphatic heterocycles. The number of anilines is 2. The number of aliphatic hydroxyl groups excluding tert-OH is 1. The van der Waals surface area contributed by atoms with Crippen molar-refractivity contribution in [3.63, 3.8) is 0 Å². The van der Waals surface area contributed by atoms with Gasteiger partial charge >= 0.3 is 0 Å². The van der Waals surface area contributed by atoms with Crippen molar-refractivity contribution < 1.29 is 5.11 Å². The number of aliphatic hydroxyl groups is 1. The lowest BCUT2D eigenvalue weighted by molar-refractivity contribution is 0.301. The predicted molar refractivity (Wildman–Crippen MR) is 73.6 cm³/mol. The molecule has 0 amide bonds.